The van der Waals surface area contributed by atoms with E-state index in [9.17, 15) is 9.59 Å². The summed E-state index contributed by atoms with van der Waals surface area (Å²) in [6.07, 6.45) is 0.395. The Balaban J connectivity index is 2.03. The van der Waals surface area contributed by atoms with Gasteiger partial charge in [0, 0.05) is 29.7 Å². The molecule has 0 aromatic heterocycles. The minimum atomic E-state index is -0.512. The Kier molecular flexibility index (Phi) is 8.40. The molecule has 0 aliphatic rings. The van der Waals surface area contributed by atoms with Crippen molar-refractivity contribution < 1.29 is 9.59 Å². The van der Waals surface area contributed by atoms with Crippen molar-refractivity contribution in [1.29, 1.82) is 0 Å². The van der Waals surface area contributed by atoms with Crippen LogP contribution in [0.25, 0.3) is 0 Å². The first-order valence-corrected chi connectivity index (χ1v) is 10.3. The van der Waals surface area contributed by atoms with E-state index in [-0.39, 0.29) is 17.9 Å². The second-order valence-corrected chi connectivity index (χ2v) is 7.93. The van der Waals surface area contributed by atoms with Gasteiger partial charge in [-0.2, -0.15) is 0 Å². The molecular weight excluding hydrogens is 356 g/mol. The first-order valence-electron chi connectivity index (χ1n) is 9.29. The lowest BCUT2D eigenvalue weighted by atomic mass is 10.1. The van der Waals surface area contributed by atoms with Crippen LogP contribution >= 0.6 is 11.8 Å². The second-order valence-electron chi connectivity index (χ2n) is 6.76. The summed E-state index contributed by atoms with van der Waals surface area (Å²) in [5.41, 5.74) is 1.02. The average Bonchev–Trinajstić information content (AvgIpc) is 2.66. The van der Waals surface area contributed by atoms with Gasteiger partial charge >= 0.3 is 0 Å². The maximum Gasteiger partial charge on any atom is 0.242 e. The normalized spacial score (nSPS) is 11.9. The quantitative estimate of drug-likeness (QED) is 0.662. The van der Waals surface area contributed by atoms with Crippen LogP contribution in [0.4, 0.5) is 0 Å². The molecule has 1 N–H and O–H groups in total. The lowest BCUT2D eigenvalue weighted by Gasteiger charge is -2.29. The summed E-state index contributed by atoms with van der Waals surface area (Å²) in [6, 6.07) is 19.4. The number of carbonyl (C=O) groups is 2. The molecule has 144 valence electrons. The predicted octanol–water partition coefficient (Wildman–Crippen LogP) is 4.11. The molecule has 0 aliphatic carbocycles. The van der Waals surface area contributed by atoms with Crippen LogP contribution in [0.3, 0.4) is 0 Å². The summed E-state index contributed by atoms with van der Waals surface area (Å²) in [5, 5.41) is 2.91. The van der Waals surface area contributed by atoms with Crippen molar-refractivity contribution in [2.45, 2.75) is 50.7 Å². The molecule has 5 heteroatoms. The molecule has 27 heavy (non-hydrogen) atoms. The smallest absolute Gasteiger partial charge is 0.242 e. The minimum absolute atomic E-state index is 0.00584. The third-order valence-electron chi connectivity index (χ3n) is 4.12. The molecule has 0 fully saturated rings. The van der Waals surface area contributed by atoms with Gasteiger partial charge in [0.2, 0.25) is 11.8 Å². The van der Waals surface area contributed by atoms with Gasteiger partial charge in [0.1, 0.15) is 6.04 Å². The van der Waals surface area contributed by atoms with Gasteiger partial charge in [-0.25, -0.2) is 0 Å². The molecule has 1 atom stereocenters. The molecule has 0 spiro atoms. The highest BCUT2D eigenvalue weighted by atomic mass is 32.2. The van der Waals surface area contributed by atoms with Crippen LogP contribution in [0.1, 0.15) is 32.8 Å². The molecule has 0 bridgehead atoms. The minimum Gasteiger partial charge on any atom is -0.352 e. The molecule has 2 rings (SSSR count). The van der Waals surface area contributed by atoms with E-state index < -0.39 is 6.04 Å². The summed E-state index contributed by atoms with van der Waals surface area (Å²) in [4.78, 5) is 28.2. The summed E-state index contributed by atoms with van der Waals surface area (Å²) < 4.78 is 0. The van der Waals surface area contributed by atoms with Gasteiger partial charge in [-0.1, -0.05) is 48.5 Å². The molecule has 0 radical (unpaired) electrons. The number of hydrogen-bond donors (Lipinski definition) is 1. The SMILES string of the molecule is CC(C)NC(=O)[C@H](C)N(Cc1ccccc1)C(=O)CCSc1ccccc1. The molecule has 2 aromatic carbocycles. The molecule has 2 amide bonds. The largest absolute Gasteiger partial charge is 0.352 e. The number of nitrogens with one attached hydrogen (secondary N) is 1. The Morgan fingerprint density at radius 3 is 2.15 bits per heavy atom. The first-order chi connectivity index (χ1) is 13.0. The van der Waals surface area contributed by atoms with Crippen molar-refractivity contribution in [2.24, 2.45) is 0 Å². The van der Waals surface area contributed by atoms with E-state index in [1.165, 1.54) is 0 Å². The van der Waals surface area contributed by atoms with Crippen molar-refractivity contribution >= 4 is 23.6 Å². The van der Waals surface area contributed by atoms with Gasteiger partial charge in [-0.3, -0.25) is 9.59 Å². The van der Waals surface area contributed by atoms with Crippen LogP contribution in [0.5, 0.6) is 0 Å². The fourth-order valence-electron chi connectivity index (χ4n) is 2.68. The Bertz CT molecular complexity index is 720. The van der Waals surface area contributed by atoms with Gasteiger partial charge in [0.15, 0.2) is 0 Å². The van der Waals surface area contributed by atoms with Gasteiger partial charge in [-0.15, -0.1) is 11.8 Å². The molecule has 2 aromatic rings. The number of benzene rings is 2. The van der Waals surface area contributed by atoms with Crippen molar-refractivity contribution in [3.05, 3.63) is 66.2 Å². The average molecular weight is 385 g/mol. The van der Waals surface area contributed by atoms with E-state index in [2.05, 4.69) is 5.32 Å². The molecule has 0 aliphatic heterocycles. The second kappa shape index (κ2) is 10.8. The molecule has 0 heterocycles. The highest BCUT2D eigenvalue weighted by molar-refractivity contribution is 7.99. The Hall–Kier alpha value is -2.27. The molecule has 0 unspecified atom stereocenters. The first kappa shape index (κ1) is 21.0. The van der Waals surface area contributed by atoms with Crippen LogP contribution in [0.15, 0.2) is 65.6 Å². The molecule has 0 saturated heterocycles. The number of thioether (sulfide) groups is 1. The number of amides is 2. The fraction of sp³-hybridized carbons (Fsp3) is 0.364. The zero-order chi connectivity index (χ0) is 19.6. The van der Waals surface area contributed by atoms with E-state index in [0.717, 1.165) is 10.5 Å². The van der Waals surface area contributed by atoms with Crippen molar-refractivity contribution in [1.82, 2.24) is 10.2 Å². The summed E-state index contributed by atoms with van der Waals surface area (Å²) in [6.45, 7) is 6.07. The Labute approximate surface area is 166 Å². The van der Waals surface area contributed by atoms with Crippen molar-refractivity contribution in [2.75, 3.05) is 5.75 Å². The van der Waals surface area contributed by atoms with Crippen LogP contribution in [0.2, 0.25) is 0 Å². The summed E-state index contributed by atoms with van der Waals surface area (Å²) in [7, 11) is 0. The van der Waals surface area contributed by atoms with E-state index in [4.69, 9.17) is 0 Å². The highest BCUT2D eigenvalue weighted by Crippen LogP contribution is 2.19. The number of carbonyl (C=O) groups excluding carboxylic acids is 2. The Morgan fingerprint density at radius 2 is 1.56 bits per heavy atom. The van der Waals surface area contributed by atoms with Crippen LogP contribution in [0, 0.1) is 0 Å². The third kappa shape index (κ3) is 7.10. The van der Waals surface area contributed by atoms with E-state index in [1.807, 2.05) is 74.5 Å². The fourth-order valence-corrected chi connectivity index (χ4v) is 3.55. The van der Waals surface area contributed by atoms with E-state index in [0.29, 0.717) is 18.7 Å². The third-order valence-corrected chi connectivity index (χ3v) is 5.14. The van der Waals surface area contributed by atoms with Gasteiger partial charge < -0.3 is 10.2 Å². The van der Waals surface area contributed by atoms with Gasteiger partial charge in [0.25, 0.3) is 0 Å². The zero-order valence-electron chi connectivity index (χ0n) is 16.2. The monoisotopic (exact) mass is 384 g/mol. The highest BCUT2D eigenvalue weighted by Gasteiger charge is 2.26. The van der Waals surface area contributed by atoms with Crippen molar-refractivity contribution in [3.8, 4) is 0 Å². The summed E-state index contributed by atoms with van der Waals surface area (Å²) in [5.74, 6) is 0.561. The standard InChI is InChI=1S/C22H28N2O2S/c1-17(2)23-22(26)18(3)24(16-19-10-6-4-7-11-19)21(25)14-15-27-20-12-8-5-9-13-20/h4-13,17-18H,14-16H2,1-3H3,(H,23,26)/t18-/m0/s1. The molecule has 4 nitrogen and oxygen atoms in total. The number of nitrogens with zero attached hydrogens (tertiary/aromatic N) is 1. The maximum absolute atomic E-state index is 12.9. The van der Waals surface area contributed by atoms with Gasteiger partial charge in [-0.05, 0) is 38.5 Å². The van der Waals surface area contributed by atoms with Crippen LogP contribution < -0.4 is 5.32 Å². The lowest BCUT2D eigenvalue weighted by molar-refractivity contribution is -0.140. The zero-order valence-corrected chi connectivity index (χ0v) is 17.0. The van der Waals surface area contributed by atoms with Crippen molar-refractivity contribution in [3.63, 3.8) is 0 Å². The van der Waals surface area contributed by atoms with Crippen LogP contribution in [-0.4, -0.2) is 34.6 Å². The van der Waals surface area contributed by atoms with E-state index >= 15 is 0 Å². The molecule has 0 saturated carbocycles. The summed E-state index contributed by atoms with van der Waals surface area (Å²) >= 11 is 1.66. The number of hydrogen-bond acceptors (Lipinski definition) is 3. The predicted molar refractivity (Wildman–Crippen MR) is 112 cm³/mol. The number of rotatable bonds is 9. The Morgan fingerprint density at radius 1 is 0.963 bits per heavy atom. The van der Waals surface area contributed by atoms with E-state index in [1.54, 1.807) is 23.6 Å². The maximum atomic E-state index is 12.9. The van der Waals surface area contributed by atoms with Crippen LogP contribution in [-0.2, 0) is 16.1 Å². The molecular formula is C22H28N2O2S. The van der Waals surface area contributed by atoms with Gasteiger partial charge in [0.05, 0.1) is 0 Å². The lowest BCUT2D eigenvalue weighted by Crippen LogP contribution is -2.49. The topological polar surface area (TPSA) is 49.4 Å².